The van der Waals surface area contributed by atoms with Gasteiger partial charge in [-0.05, 0) is 12.5 Å². The van der Waals surface area contributed by atoms with Gasteiger partial charge < -0.3 is 4.57 Å². The quantitative estimate of drug-likeness (QED) is 0.727. The van der Waals surface area contributed by atoms with Gasteiger partial charge in [-0.15, -0.1) is 11.6 Å². The molecule has 15 heavy (non-hydrogen) atoms. The number of hydrogen-bond donors (Lipinski definition) is 0. The first kappa shape index (κ1) is 10.2. The molecule has 0 aliphatic carbocycles. The summed E-state index contributed by atoms with van der Waals surface area (Å²) in [5.41, 5.74) is 2.31. The van der Waals surface area contributed by atoms with Gasteiger partial charge in [0.1, 0.15) is 0 Å². The van der Waals surface area contributed by atoms with Crippen molar-refractivity contribution in [2.24, 2.45) is 0 Å². The number of rotatable bonds is 3. The molecule has 0 saturated heterocycles. The minimum absolute atomic E-state index is 0.280. The normalized spacial score (nSPS) is 12.7. The summed E-state index contributed by atoms with van der Waals surface area (Å²) >= 11 is 5.84. The largest absolute Gasteiger partial charge is 0.326 e. The van der Waals surface area contributed by atoms with Crippen molar-refractivity contribution in [3.05, 3.63) is 54.1 Å². The Morgan fingerprint density at radius 2 is 2.07 bits per heavy atom. The average Bonchev–Trinajstić information content (AvgIpc) is 2.77. The molecule has 1 unspecified atom stereocenters. The van der Waals surface area contributed by atoms with E-state index in [1.165, 1.54) is 5.56 Å². The molecule has 0 saturated carbocycles. The van der Waals surface area contributed by atoms with Crippen molar-refractivity contribution < 1.29 is 0 Å². The van der Waals surface area contributed by atoms with Crippen LogP contribution in [0, 0.1) is 0 Å². The molecule has 0 radical (unpaired) electrons. The van der Waals surface area contributed by atoms with Gasteiger partial charge in [0, 0.05) is 6.20 Å². The van der Waals surface area contributed by atoms with Crippen LogP contribution in [-0.2, 0) is 5.88 Å². The molecule has 2 nitrogen and oxygen atoms in total. The minimum atomic E-state index is 0.280. The molecule has 0 amide bonds. The summed E-state index contributed by atoms with van der Waals surface area (Å²) in [5, 5.41) is 0. The lowest BCUT2D eigenvalue weighted by Gasteiger charge is -2.15. The van der Waals surface area contributed by atoms with Gasteiger partial charge in [0.25, 0.3) is 0 Å². The zero-order chi connectivity index (χ0) is 10.7. The minimum Gasteiger partial charge on any atom is -0.326 e. The summed E-state index contributed by atoms with van der Waals surface area (Å²) < 4.78 is 2.10. The lowest BCUT2D eigenvalue weighted by Crippen LogP contribution is -2.07. The fourth-order valence-electron chi connectivity index (χ4n) is 1.68. The maximum absolute atomic E-state index is 5.84. The van der Waals surface area contributed by atoms with E-state index in [0.717, 1.165) is 5.69 Å². The van der Waals surface area contributed by atoms with Crippen molar-refractivity contribution >= 4 is 11.6 Å². The number of hydrogen-bond acceptors (Lipinski definition) is 1. The Kier molecular flexibility index (Phi) is 3.07. The molecule has 3 heteroatoms. The molecule has 0 fully saturated rings. The Labute approximate surface area is 94.5 Å². The maximum atomic E-state index is 5.84. The van der Waals surface area contributed by atoms with Crippen LogP contribution in [0.25, 0.3) is 0 Å². The summed E-state index contributed by atoms with van der Waals surface area (Å²) in [6, 6.07) is 10.6. The second-order valence-electron chi connectivity index (χ2n) is 3.51. The van der Waals surface area contributed by atoms with Crippen molar-refractivity contribution in [3.63, 3.8) is 0 Å². The van der Waals surface area contributed by atoms with Crippen molar-refractivity contribution in [2.75, 3.05) is 0 Å². The van der Waals surface area contributed by atoms with E-state index in [-0.39, 0.29) is 6.04 Å². The van der Waals surface area contributed by atoms with Crippen LogP contribution in [0.1, 0.15) is 24.2 Å². The Hall–Kier alpha value is -1.28. The molecule has 1 heterocycles. The lowest BCUT2D eigenvalue weighted by molar-refractivity contribution is 0.620. The van der Waals surface area contributed by atoms with Crippen LogP contribution < -0.4 is 0 Å². The van der Waals surface area contributed by atoms with Crippen molar-refractivity contribution in [3.8, 4) is 0 Å². The van der Waals surface area contributed by atoms with Gasteiger partial charge in [-0.2, -0.15) is 0 Å². The predicted octanol–water partition coefficient (Wildman–Crippen LogP) is 3.23. The fraction of sp³-hybridized carbons (Fsp3) is 0.250. The fourth-order valence-corrected chi connectivity index (χ4v) is 1.88. The Bertz CT molecular complexity index is 422. The zero-order valence-electron chi connectivity index (χ0n) is 8.60. The average molecular weight is 221 g/mol. The van der Waals surface area contributed by atoms with Gasteiger partial charge in [-0.3, -0.25) is 0 Å². The molecule has 1 aromatic heterocycles. The number of alkyl halides is 1. The molecule has 2 rings (SSSR count). The van der Waals surface area contributed by atoms with Gasteiger partial charge in [0.15, 0.2) is 0 Å². The zero-order valence-corrected chi connectivity index (χ0v) is 9.35. The topological polar surface area (TPSA) is 17.8 Å². The highest BCUT2D eigenvalue weighted by Crippen LogP contribution is 2.19. The molecule has 78 valence electrons. The van der Waals surface area contributed by atoms with Crippen LogP contribution >= 0.6 is 11.6 Å². The van der Waals surface area contributed by atoms with E-state index in [2.05, 4.69) is 28.6 Å². The summed E-state index contributed by atoms with van der Waals surface area (Å²) in [5.74, 6) is 0.497. The summed E-state index contributed by atoms with van der Waals surface area (Å²) in [6.07, 6.45) is 3.64. The second-order valence-corrected chi connectivity index (χ2v) is 3.78. The van der Waals surface area contributed by atoms with E-state index in [9.17, 15) is 0 Å². The number of halogens is 1. The maximum Gasteiger partial charge on any atom is 0.0954 e. The predicted molar refractivity (Wildman–Crippen MR) is 62.0 cm³/mol. The van der Waals surface area contributed by atoms with Crippen molar-refractivity contribution in [1.82, 2.24) is 9.55 Å². The number of imidazole rings is 1. The van der Waals surface area contributed by atoms with Crippen LogP contribution in [0.2, 0.25) is 0 Å². The highest BCUT2D eigenvalue weighted by Gasteiger charge is 2.09. The molecule has 1 aromatic carbocycles. The highest BCUT2D eigenvalue weighted by molar-refractivity contribution is 6.16. The first-order chi connectivity index (χ1) is 7.33. The SMILES string of the molecule is CC(c1ccccc1)n1cncc1CCl. The van der Waals surface area contributed by atoms with Gasteiger partial charge in [0.05, 0.1) is 23.9 Å². The van der Waals surface area contributed by atoms with Crippen molar-refractivity contribution in [1.29, 1.82) is 0 Å². The third-order valence-electron chi connectivity index (χ3n) is 2.58. The van der Waals surface area contributed by atoms with E-state index in [4.69, 9.17) is 11.6 Å². The van der Waals surface area contributed by atoms with Crippen LogP contribution in [0.4, 0.5) is 0 Å². The van der Waals surface area contributed by atoms with Crippen molar-refractivity contribution in [2.45, 2.75) is 18.8 Å². The Balaban J connectivity index is 2.32. The molecular weight excluding hydrogens is 208 g/mol. The smallest absolute Gasteiger partial charge is 0.0954 e. The summed E-state index contributed by atoms with van der Waals surface area (Å²) in [7, 11) is 0. The van der Waals surface area contributed by atoms with E-state index in [0.29, 0.717) is 5.88 Å². The molecule has 0 aliphatic rings. The number of aromatic nitrogens is 2. The third-order valence-corrected chi connectivity index (χ3v) is 2.86. The Morgan fingerprint density at radius 1 is 1.33 bits per heavy atom. The third kappa shape index (κ3) is 2.05. The van der Waals surface area contributed by atoms with Crippen LogP contribution in [-0.4, -0.2) is 9.55 Å². The van der Waals surface area contributed by atoms with Gasteiger partial charge >= 0.3 is 0 Å². The molecule has 0 N–H and O–H groups in total. The standard InChI is InChI=1S/C12H13ClN2/c1-10(11-5-3-2-4-6-11)15-9-14-8-12(15)7-13/h2-6,8-10H,7H2,1H3. The van der Waals surface area contributed by atoms with E-state index < -0.39 is 0 Å². The molecule has 2 aromatic rings. The first-order valence-electron chi connectivity index (χ1n) is 4.94. The first-order valence-corrected chi connectivity index (χ1v) is 5.48. The summed E-state index contributed by atoms with van der Waals surface area (Å²) in [6.45, 7) is 2.15. The molecule has 0 bridgehead atoms. The Morgan fingerprint density at radius 3 is 2.73 bits per heavy atom. The van der Waals surface area contributed by atoms with Gasteiger partial charge in [0.2, 0.25) is 0 Å². The van der Waals surface area contributed by atoms with E-state index >= 15 is 0 Å². The van der Waals surface area contributed by atoms with Gasteiger partial charge in [-0.1, -0.05) is 30.3 Å². The highest BCUT2D eigenvalue weighted by atomic mass is 35.5. The lowest BCUT2D eigenvalue weighted by atomic mass is 10.1. The monoisotopic (exact) mass is 220 g/mol. The molecule has 0 spiro atoms. The summed E-state index contributed by atoms with van der Waals surface area (Å²) in [4.78, 5) is 4.12. The van der Waals surface area contributed by atoms with E-state index in [1.807, 2.05) is 30.7 Å². The van der Waals surface area contributed by atoms with Crippen LogP contribution in [0.5, 0.6) is 0 Å². The van der Waals surface area contributed by atoms with E-state index in [1.54, 1.807) is 0 Å². The molecule has 0 aliphatic heterocycles. The second kappa shape index (κ2) is 4.49. The van der Waals surface area contributed by atoms with Gasteiger partial charge in [-0.25, -0.2) is 4.98 Å². The number of benzene rings is 1. The van der Waals surface area contributed by atoms with Crippen LogP contribution in [0.3, 0.4) is 0 Å². The molecule has 1 atom stereocenters. The van der Waals surface area contributed by atoms with Crippen LogP contribution in [0.15, 0.2) is 42.9 Å². The number of nitrogens with zero attached hydrogens (tertiary/aromatic N) is 2. The molecular formula is C12H13ClN2.